The highest BCUT2D eigenvalue weighted by molar-refractivity contribution is 6.32. The summed E-state index contributed by atoms with van der Waals surface area (Å²) < 4.78 is 15.1. The number of nitrogens with zero attached hydrogens (tertiary/aromatic N) is 3. The second-order valence-corrected chi connectivity index (χ2v) is 9.89. The SMILES string of the molecule is CNC(=O)c1ccc(-c2cc(F)c(Nc3ncc(Cl)c(N=C4C(C(N)=O)[C@@H]5CC[C@H]4C5)n3)cc2C)cc1. The van der Waals surface area contributed by atoms with Gasteiger partial charge >= 0.3 is 0 Å². The fourth-order valence-corrected chi connectivity index (χ4v) is 5.53. The van der Waals surface area contributed by atoms with Gasteiger partial charge in [0.15, 0.2) is 5.82 Å². The molecule has 2 amide bonds. The largest absolute Gasteiger partial charge is 0.369 e. The molecule has 1 heterocycles. The molecule has 190 valence electrons. The minimum Gasteiger partial charge on any atom is -0.369 e. The zero-order valence-corrected chi connectivity index (χ0v) is 21.1. The fourth-order valence-electron chi connectivity index (χ4n) is 5.40. The smallest absolute Gasteiger partial charge is 0.251 e. The van der Waals surface area contributed by atoms with Crippen LogP contribution in [0.4, 0.5) is 21.8 Å². The third-order valence-electron chi connectivity index (χ3n) is 7.19. The first kappa shape index (κ1) is 24.8. The molecule has 4 N–H and O–H groups in total. The molecule has 2 aromatic carbocycles. The van der Waals surface area contributed by atoms with Crippen LogP contribution < -0.4 is 16.4 Å². The Hall–Kier alpha value is -3.85. The van der Waals surface area contributed by atoms with Crippen molar-refractivity contribution in [2.24, 2.45) is 28.5 Å². The van der Waals surface area contributed by atoms with E-state index in [-0.39, 0.29) is 46.1 Å². The van der Waals surface area contributed by atoms with Crippen LogP contribution in [0.15, 0.2) is 47.6 Å². The molecule has 2 aliphatic carbocycles. The van der Waals surface area contributed by atoms with E-state index in [0.29, 0.717) is 11.1 Å². The van der Waals surface area contributed by atoms with Crippen molar-refractivity contribution in [1.82, 2.24) is 15.3 Å². The Balaban J connectivity index is 1.41. The third-order valence-corrected chi connectivity index (χ3v) is 7.46. The lowest BCUT2D eigenvalue weighted by molar-refractivity contribution is -0.120. The number of amides is 2. The van der Waals surface area contributed by atoms with Crippen molar-refractivity contribution in [2.75, 3.05) is 12.4 Å². The molecular formula is C27H26ClFN6O2. The Kier molecular flexibility index (Phi) is 6.64. The van der Waals surface area contributed by atoms with Crippen LogP contribution in [0.25, 0.3) is 11.1 Å². The summed E-state index contributed by atoms with van der Waals surface area (Å²) in [5, 5.41) is 5.72. The second kappa shape index (κ2) is 9.89. The van der Waals surface area contributed by atoms with E-state index >= 15 is 4.39 Å². The molecule has 3 aromatic rings. The number of nitrogens with two attached hydrogens (primary N) is 1. The molecule has 0 radical (unpaired) electrons. The van der Waals surface area contributed by atoms with Crippen LogP contribution in [0.5, 0.6) is 0 Å². The van der Waals surface area contributed by atoms with Gasteiger partial charge in [-0.1, -0.05) is 23.7 Å². The lowest BCUT2D eigenvalue weighted by Gasteiger charge is -2.20. The predicted octanol–water partition coefficient (Wildman–Crippen LogP) is 4.95. The van der Waals surface area contributed by atoms with Crippen molar-refractivity contribution in [3.05, 3.63) is 64.6 Å². The number of hydrogen-bond donors (Lipinski definition) is 3. The van der Waals surface area contributed by atoms with Crippen molar-refractivity contribution in [1.29, 1.82) is 0 Å². The Morgan fingerprint density at radius 3 is 2.65 bits per heavy atom. The van der Waals surface area contributed by atoms with Gasteiger partial charge in [-0.05, 0) is 79.0 Å². The highest BCUT2D eigenvalue weighted by Crippen LogP contribution is 2.47. The minimum absolute atomic E-state index is 0.128. The number of rotatable bonds is 6. The molecule has 5 rings (SSSR count). The Morgan fingerprint density at radius 2 is 1.95 bits per heavy atom. The van der Waals surface area contributed by atoms with E-state index in [9.17, 15) is 9.59 Å². The lowest BCUT2D eigenvalue weighted by atomic mass is 9.86. The molecule has 2 aliphatic rings. The van der Waals surface area contributed by atoms with Crippen LogP contribution in [0.2, 0.25) is 5.02 Å². The number of hydrogen-bond acceptors (Lipinski definition) is 6. The normalized spacial score (nSPS) is 21.3. The van der Waals surface area contributed by atoms with Gasteiger partial charge in [-0.25, -0.2) is 14.4 Å². The van der Waals surface area contributed by atoms with E-state index in [1.165, 1.54) is 12.3 Å². The molecule has 1 unspecified atom stereocenters. The molecule has 1 aromatic heterocycles. The lowest BCUT2D eigenvalue weighted by Crippen LogP contribution is -2.34. The van der Waals surface area contributed by atoms with Crippen molar-refractivity contribution >= 4 is 46.6 Å². The first-order valence-electron chi connectivity index (χ1n) is 12.0. The number of benzene rings is 2. The molecular weight excluding hydrogens is 495 g/mol. The van der Waals surface area contributed by atoms with E-state index in [0.717, 1.165) is 36.1 Å². The fraction of sp³-hybridized carbons (Fsp3) is 0.296. The minimum atomic E-state index is -0.496. The highest BCUT2D eigenvalue weighted by atomic mass is 35.5. The van der Waals surface area contributed by atoms with E-state index in [2.05, 4.69) is 25.6 Å². The average molecular weight is 521 g/mol. The topological polar surface area (TPSA) is 122 Å². The molecule has 0 aliphatic heterocycles. The van der Waals surface area contributed by atoms with Crippen molar-refractivity contribution in [2.45, 2.75) is 26.2 Å². The molecule has 0 saturated heterocycles. The number of aryl methyl sites for hydroxylation is 1. The number of primary amides is 1. The predicted molar refractivity (Wildman–Crippen MR) is 141 cm³/mol. The summed E-state index contributed by atoms with van der Waals surface area (Å²) in [6.45, 7) is 1.87. The maximum Gasteiger partial charge on any atom is 0.251 e. The van der Waals surface area contributed by atoms with Crippen LogP contribution in [0.3, 0.4) is 0 Å². The number of aromatic nitrogens is 2. The highest BCUT2D eigenvalue weighted by Gasteiger charge is 2.47. The van der Waals surface area contributed by atoms with Crippen molar-refractivity contribution in [3.8, 4) is 11.1 Å². The molecule has 37 heavy (non-hydrogen) atoms. The number of halogens is 2. The molecule has 10 heteroatoms. The zero-order valence-electron chi connectivity index (χ0n) is 20.4. The van der Waals surface area contributed by atoms with Gasteiger partial charge in [-0.15, -0.1) is 0 Å². The average Bonchev–Trinajstić information content (AvgIpc) is 3.49. The van der Waals surface area contributed by atoms with E-state index in [1.54, 1.807) is 37.4 Å². The van der Waals surface area contributed by atoms with Crippen LogP contribution in [-0.2, 0) is 4.79 Å². The molecule has 2 saturated carbocycles. The summed E-state index contributed by atoms with van der Waals surface area (Å²) in [5.41, 5.74) is 9.39. The van der Waals surface area contributed by atoms with Crippen LogP contribution in [0.1, 0.15) is 35.2 Å². The van der Waals surface area contributed by atoms with Gasteiger partial charge < -0.3 is 16.4 Å². The second-order valence-electron chi connectivity index (χ2n) is 9.48. The van der Waals surface area contributed by atoms with Gasteiger partial charge in [0.1, 0.15) is 10.8 Å². The van der Waals surface area contributed by atoms with E-state index in [1.807, 2.05) is 6.92 Å². The summed E-state index contributed by atoms with van der Waals surface area (Å²) in [7, 11) is 1.57. The van der Waals surface area contributed by atoms with Crippen molar-refractivity contribution in [3.63, 3.8) is 0 Å². The number of aliphatic imine (C=N–C) groups is 1. The maximum absolute atomic E-state index is 15.1. The van der Waals surface area contributed by atoms with Crippen LogP contribution in [0, 0.1) is 30.5 Å². The number of nitrogens with one attached hydrogen (secondary N) is 2. The van der Waals surface area contributed by atoms with E-state index < -0.39 is 11.7 Å². The summed E-state index contributed by atoms with van der Waals surface area (Å²) in [6, 6.07) is 10.0. The van der Waals surface area contributed by atoms with Crippen molar-refractivity contribution < 1.29 is 14.0 Å². The van der Waals surface area contributed by atoms with Gasteiger partial charge in [0.2, 0.25) is 11.9 Å². The molecule has 3 atom stereocenters. The van der Waals surface area contributed by atoms with Gasteiger partial charge in [0.25, 0.3) is 5.91 Å². The number of anilines is 2. The number of fused-ring (bicyclic) bond motifs is 2. The summed E-state index contributed by atoms with van der Waals surface area (Å²) in [4.78, 5) is 37.0. The third kappa shape index (κ3) is 4.79. The Bertz CT molecular complexity index is 1430. The molecule has 2 fully saturated rings. The van der Waals surface area contributed by atoms with Gasteiger partial charge in [-0.2, -0.15) is 4.98 Å². The summed E-state index contributed by atoms with van der Waals surface area (Å²) in [6.07, 6.45) is 4.22. The van der Waals surface area contributed by atoms with Gasteiger partial charge in [-0.3, -0.25) is 9.59 Å². The van der Waals surface area contributed by atoms with Gasteiger partial charge in [0.05, 0.1) is 17.8 Å². The Labute approximate surface area is 218 Å². The standard InChI is InChI=1S/C27H26ClFN6O2/c1-13-9-21(20(29)11-18(13)14-3-5-15(6-4-14)26(37)31-2)33-27-32-12-19(28)25(35-27)34-23-17-8-7-16(10-17)22(23)24(30)36/h3-6,9,11-12,16-17,22H,7-8,10H2,1-2H3,(H2,30,36)(H,31,37)(H,32,33,35)/t16-,17+,22?/m1/s1. The Morgan fingerprint density at radius 1 is 1.19 bits per heavy atom. The molecule has 0 spiro atoms. The summed E-state index contributed by atoms with van der Waals surface area (Å²) >= 11 is 6.32. The first-order chi connectivity index (χ1) is 17.7. The zero-order chi connectivity index (χ0) is 26.3. The van der Waals surface area contributed by atoms with E-state index in [4.69, 9.17) is 17.3 Å². The quantitative estimate of drug-likeness (QED) is 0.424. The number of carbonyl (C=O) groups is 2. The van der Waals surface area contributed by atoms with Gasteiger partial charge in [0, 0.05) is 18.3 Å². The first-order valence-corrected chi connectivity index (χ1v) is 12.4. The molecule has 8 nitrogen and oxygen atoms in total. The summed E-state index contributed by atoms with van der Waals surface area (Å²) in [5.74, 6) is -0.703. The van der Waals surface area contributed by atoms with Crippen LogP contribution >= 0.6 is 11.6 Å². The number of carbonyl (C=O) groups excluding carboxylic acids is 2. The molecule has 2 bridgehead atoms. The monoisotopic (exact) mass is 520 g/mol. The maximum atomic E-state index is 15.1. The van der Waals surface area contributed by atoms with Crippen LogP contribution in [-0.4, -0.2) is 34.5 Å².